The van der Waals surface area contributed by atoms with Crippen molar-refractivity contribution in [2.75, 3.05) is 0 Å². The molecule has 0 saturated carbocycles. The van der Waals surface area contributed by atoms with E-state index in [4.69, 9.17) is 0 Å². The van der Waals surface area contributed by atoms with Crippen LogP contribution in [-0.2, 0) is 6.42 Å². The van der Waals surface area contributed by atoms with Gasteiger partial charge in [0, 0.05) is 17.6 Å². The number of halogens is 2. The highest BCUT2D eigenvalue weighted by molar-refractivity contribution is 6.15. The molecule has 0 fully saturated rings. The van der Waals surface area contributed by atoms with Crippen molar-refractivity contribution in [1.82, 2.24) is 0 Å². The van der Waals surface area contributed by atoms with E-state index in [9.17, 15) is 13.6 Å². The third kappa shape index (κ3) is 2.19. The molecule has 0 saturated heterocycles. The summed E-state index contributed by atoms with van der Waals surface area (Å²) >= 11 is 0. The van der Waals surface area contributed by atoms with Gasteiger partial charge in [0.25, 0.3) is 0 Å². The Balaban J connectivity index is 1.97. The molecule has 0 bridgehead atoms. The van der Waals surface area contributed by atoms with Crippen LogP contribution in [-0.4, -0.2) is 5.78 Å². The van der Waals surface area contributed by atoms with Crippen LogP contribution in [0.2, 0.25) is 0 Å². The van der Waals surface area contributed by atoms with Gasteiger partial charge >= 0.3 is 0 Å². The molecule has 0 aliphatic heterocycles. The molecule has 0 radical (unpaired) electrons. The lowest BCUT2D eigenvalue weighted by molar-refractivity contribution is 0.104. The molecule has 0 aromatic heterocycles. The number of benzene rings is 2. The highest BCUT2D eigenvalue weighted by Gasteiger charge is 2.24. The zero-order valence-corrected chi connectivity index (χ0v) is 9.99. The largest absolute Gasteiger partial charge is 0.289 e. The maximum atomic E-state index is 13.1. The number of allylic oxidation sites excluding steroid dienone is 1. The summed E-state index contributed by atoms with van der Waals surface area (Å²) in [6, 6.07) is 10.1. The van der Waals surface area contributed by atoms with Gasteiger partial charge in [-0.05, 0) is 47.5 Å². The highest BCUT2D eigenvalue weighted by atomic mass is 19.1. The van der Waals surface area contributed by atoms with E-state index in [2.05, 4.69) is 0 Å². The maximum Gasteiger partial charge on any atom is 0.189 e. The number of ketones is 1. The van der Waals surface area contributed by atoms with Crippen LogP contribution in [0.5, 0.6) is 0 Å². The summed E-state index contributed by atoms with van der Waals surface area (Å²) in [4.78, 5) is 12.1. The fourth-order valence-corrected chi connectivity index (χ4v) is 2.27. The second-order valence-electron chi connectivity index (χ2n) is 4.53. The number of hydrogen-bond acceptors (Lipinski definition) is 1. The van der Waals surface area contributed by atoms with Gasteiger partial charge in [0.1, 0.15) is 11.6 Å². The van der Waals surface area contributed by atoms with Crippen LogP contribution in [0.15, 0.2) is 48.0 Å². The summed E-state index contributed by atoms with van der Waals surface area (Å²) in [7, 11) is 0. The smallest absolute Gasteiger partial charge is 0.189 e. The minimum absolute atomic E-state index is 0.0840. The van der Waals surface area contributed by atoms with Gasteiger partial charge in [0.15, 0.2) is 5.78 Å². The first-order valence-corrected chi connectivity index (χ1v) is 5.93. The van der Waals surface area contributed by atoms with Gasteiger partial charge in [-0.3, -0.25) is 4.79 Å². The summed E-state index contributed by atoms with van der Waals surface area (Å²) in [6.45, 7) is 0. The number of Topliss-reactive ketones (excluding diaryl/α,β-unsaturated/α-hetero) is 1. The molecule has 3 rings (SSSR count). The number of rotatable bonds is 1. The van der Waals surface area contributed by atoms with Crippen LogP contribution in [0, 0.1) is 11.6 Å². The monoisotopic (exact) mass is 256 g/mol. The minimum atomic E-state index is -0.338. The molecule has 1 aliphatic rings. The summed E-state index contributed by atoms with van der Waals surface area (Å²) in [6.07, 6.45) is 2.14. The average molecular weight is 256 g/mol. The molecule has 19 heavy (non-hydrogen) atoms. The Morgan fingerprint density at radius 2 is 1.63 bits per heavy atom. The van der Waals surface area contributed by atoms with E-state index in [0.717, 1.165) is 5.56 Å². The zero-order valence-electron chi connectivity index (χ0n) is 9.99. The van der Waals surface area contributed by atoms with E-state index in [-0.39, 0.29) is 17.4 Å². The molecule has 1 aliphatic carbocycles. The van der Waals surface area contributed by atoms with Crippen LogP contribution in [0.1, 0.15) is 21.5 Å². The van der Waals surface area contributed by atoms with Crippen LogP contribution >= 0.6 is 0 Å². The van der Waals surface area contributed by atoms with Crippen molar-refractivity contribution in [3.8, 4) is 0 Å². The van der Waals surface area contributed by atoms with Crippen molar-refractivity contribution in [2.45, 2.75) is 6.42 Å². The van der Waals surface area contributed by atoms with Gasteiger partial charge in [0.2, 0.25) is 0 Å². The summed E-state index contributed by atoms with van der Waals surface area (Å²) in [5.74, 6) is -0.737. The van der Waals surface area contributed by atoms with Gasteiger partial charge in [0.05, 0.1) is 0 Å². The van der Waals surface area contributed by atoms with E-state index in [1.54, 1.807) is 18.2 Å². The molecule has 2 aromatic rings. The van der Waals surface area contributed by atoms with Crippen molar-refractivity contribution in [3.63, 3.8) is 0 Å². The third-order valence-electron chi connectivity index (χ3n) is 3.20. The first-order chi connectivity index (χ1) is 9.13. The molecule has 0 unspecified atom stereocenters. The van der Waals surface area contributed by atoms with Crippen LogP contribution in [0.25, 0.3) is 6.08 Å². The molecular formula is C16H10F2O. The molecular weight excluding hydrogens is 246 g/mol. The second kappa shape index (κ2) is 4.43. The standard InChI is InChI=1S/C16H10F2O/c17-13-3-1-10(2-4-13)7-12-8-11-9-14(18)5-6-15(11)16(12)19/h1-7,9H,8H2/b12-7+. The Kier molecular flexibility index (Phi) is 2.75. The lowest BCUT2D eigenvalue weighted by Gasteiger charge is -1.96. The van der Waals surface area contributed by atoms with Gasteiger partial charge in [-0.25, -0.2) is 8.78 Å². The Morgan fingerprint density at radius 3 is 2.37 bits per heavy atom. The Labute approximate surface area is 109 Å². The SMILES string of the molecule is O=C1/C(=C/c2ccc(F)cc2)Cc2cc(F)ccc21. The second-order valence-corrected chi connectivity index (χ2v) is 4.53. The molecule has 0 spiro atoms. The molecule has 0 N–H and O–H groups in total. The Hall–Kier alpha value is -2.29. The van der Waals surface area contributed by atoms with E-state index in [1.165, 1.54) is 30.3 Å². The average Bonchev–Trinajstić information content (AvgIpc) is 2.68. The van der Waals surface area contributed by atoms with Gasteiger partial charge < -0.3 is 0 Å². The number of hydrogen-bond donors (Lipinski definition) is 0. The van der Waals surface area contributed by atoms with Crippen molar-refractivity contribution < 1.29 is 13.6 Å². The molecule has 3 heteroatoms. The summed E-state index contributed by atoms with van der Waals surface area (Å²) < 4.78 is 25.9. The van der Waals surface area contributed by atoms with Crippen LogP contribution in [0.4, 0.5) is 8.78 Å². The fraction of sp³-hybridized carbons (Fsp3) is 0.0625. The van der Waals surface area contributed by atoms with E-state index in [1.807, 2.05) is 0 Å². The van der Waals surface area contributed by atoms with E-state index >= 15 is 0 Å². The van der Waals surface area contributed by atoms with Crippen molar-refractivity contribution >= 4 is 11.9 Å². The topological polar surface area (TPSA) is 17.1 Å². The maximum absolute atomic E-state index is 13.1. The molecule has 0 amide bonds. The number of carbonyl (C=O) groups excluding carboxylic acids is 1. The molecule has 1 nitrogen and oxygen atoms in total. The van der Waals surface area contributed by atoms with Crippen LogP contribution in [0.3, 0.4) is 0 Å². The summed E-state index contributed by atoms with van der Waals surface area (Å²) in [5, 5.41) is 0. The Morgan fingerprint density at radius 1 is 0.947 bits per heavy atom. The van der Waals surface area contributed by atoms with Gasteiger partial charge in [-0.15, -0.1) is 0 Å². The highest BCUT2D eigenvalue weighted by Crippen LogP contribution is 2.28. The zero-order chi connectivity index (χ0) is 13.4. The first-order valence-electron chi connectivity index (χ1n) is 5.93. The lowest BCUT2D eigenvalue weighted by Crippen LogP contribution is -1.95. The predicted molar refractivity (Wildman–Crippen MR) is 68.8 cm³/mol. The third-order valence-corrected chi connectivity index (χ3v) is 3.20. The Bertz CT molecular complexity index is 684. The van der Waals surface area contributed by atoms with E-state index in [0.29, 0.717) is 23.1 Å². The number of fused-ring (bicyclic) bond motifs is 1. The quantitative estimate of drug-likeness (QED) is 0.709. The van der Waals surface area contributed by atoms with Crippen molar-refractivity contribution in [1.29, 1.82) is 0 Å². The molecule has 0 heterocycles. The summed E-state index contributed by atoms with van der Waals surface area (Å²) in [5.41, 5.74) is 2.62. The molecule has 0 atom stereocenters. The predicted octanol–water partition coefficient (Wildman–Crippen LogP) is 3.79. The van der Waals surface area contributed by atoms with Crippen molar-refractivity contribution in [3.05, 3.63) is 76.4 Å². The van der Waals surface area contributed by atoms with Gasteiger partial charge in [-0.2, -0.15) is 0 Å². The van der Waals surface area contributed by atoms with Gasteiger partial charge in [-0.1, -0.05) is 12.1 Å². The fourth-order valence-electron chi connectivity index (χ4n) is 2.27. The lowest BCUT2D eigenvalue weighted by atomic mass is 10.1. The van der Waals surface area contributed by atoms with Crippen molar-refractivity contribution in [2.24, 2.45) is 0 Å². The first kappa shape index (κ1) is 11.8. The normalized spacial score (nSPS) is 15.9. The van der Waals surface area contributed by atoms with E-state index < -0.39 is 0 Å². The molecule has 94 valence electrons. The molecule has 2 aromatic carbocycles. The van der Waals surface area contributed by atoms with Crippen LogP contribution < -0.4 is 0 Å². The minimum Gasteiger partial charge on any atom is -0.289 e. The number of carbonyl (C=O) groups is 1.